The molecule has 102 valence electrons. The zero-order valence-electron chi connectivity index (χ0n) is 10.6. The van der Waals surface area contributed by atoms with Crippen LogP contribution in [0.4, 0.5) is 0 Å². The Morgan fingerprint density at radius 2 is 2.06 bits per heavy atom. The van der Waals surface area contributed by atoms with Crippen LogP contribution in [0.15, 0.2) is 0 Å². The highest BCUT2D eigenvalue weighted by atomic mass is 32.2. The lowest BCUT2D eigenvalue weighted by atomic mass is 10.00. The lowest BCUT2D eigenvalue weighted by Crippen LogP contribution is -2.34. The van der Waals surface area contributed by atoms with E-state index in [0.717, 1.165) is 19.3 Å². The number of nitrogens with two attached hydrogens (primary N) is 1. The molecule has 4 atom stereocenters. The third-order valence-corrected chi connectivity index (χ3v) is 7.11. The van der Waals surface area contributed by atoms with Crippen molar-refractivity contribution in [1.29, 1.82) is 0 Å². The Bertz CT molecular complexity index is 367. The van der Waals surface area contributed by atoms with Crippen molar-refractivity contribution in [3.63, 3.8) is 0 Å². The van der Waals surface area contributed by atoms with Gasteiger partial charge < -0.3 is 5.73 Å². The second-order valence-corrected chi connectivity index (χ2v) is 9.22. The second kappa shape index (κ2) is 6.29. The van der Waals surface area contributed by atoms with Crippen LogP contribution in [-0.2, 0) is 20.6 Å². The van der Waals surface area contributed by atoms with Crippen LogP contribution in [0, 0.1) is 5.92 Å². The van der Waals surface area contributed by atoms with Crippen molar-refractivity contribution in [3.05, 3.63) is 0 Å². The molecule has 0 aliphatic heterocycles. The summed E-state index contributed by atoms with van der Waals surface area (Å²) in [5, 5.41) is -0.254. The van der Waals surface area contributed by atoms with Gasteiger partial charge in [0.2, 0.25) is 0 Å². The van der Waals surface area contributed by atoms with E-state index < -0.39 is 20.6 Å². The van der Waals surface area contributed by atoms with Gasteiger partial charge in [-0.2, -0.15) is 0 Å². The molecule has 0 aromatic carbocycles. The summed E-state index contributed by atoms with van der Waals surface area (Å²) in [6.45, 7) is 2.52. The summed E-state index contributed by atoms with van der Waals surface area (Å²) in [5.74, 6) is 0.840. The monoisotopic (exact) mass is 281 g/mol. The first kappa shape index (κ1) is 15.1. The number of hydrogen-bond donors (Lipinski definition) is 1. The number of sulfone groups is 1. The molecular formula is C11H23NO3S2. The summed E-state index contributed by atoms with van der Waals surface area (Å²) in [5.41, 5.74) is 5.52. The Balaban J connectivity index is 2.58. The van der Waals surface area contributed by atoms with Crippen LogP contribution in [-0.4, -0.2) is 41.7 Å². The van der Waals surface area contributed by atoms with Crippen LogP contribution >= 0.6 is 0 Å². The van der Waals surface area contributed by atoms with Gasteiger partial charge in [0.15, 0.2) is 0 Å². The normalized spacial score (nSPS) is 29.8. The molecular weight excluding hydrogens is 258 g/mol. The third-order valence-electron chi connectivity index (χ3n) is 3.41. The Morgan fingerprint density at radius 1 is 1.41 bits per heavy atom. The smallest absolute Gasteiger partial charge is 0.150 e. The molecule has 0 saturated heterocycles. The maximum Gasteiger partial charge on any atom is 0.150 e. The molecule has 0 spiro atoms. The molecule has 0 aromatic rings. The van der Waals surface area contributed by atoms with Gasteiger partial charge in [0.05, 0.1) is 5.25 Å². The van der Waals surface area contributed by atoms with Crippen molar-refractivity contribution in [2.75, 3.05) is 18.6 Å². The molecule has 0 bridgehead atoms. The Kier molecular flexibility index (Phi) is 5.60. The molecule has 1 rings (SSSR count). The minimum atomic E-state index is -2.99. The zero-order chi connectivity index (χ0) is 13.1. The molecule has 4 unspecified atom stereocenters. The molecule has 2 N–H and O–H groups in total. The molecule has 1 aliphatic carbocycles. The summed E-state index contributed by atoms with van der Waals surface area (Å²) >= 11 is 0. The van der Waals surface area contributed by atoms with Crippen LogP contribution in [0.1, 0.15) is 32.6 Å². The van der Waals surface area contributed by atoms with Crippen LogP contribution in [0.2, 0.25) is 0 Å². The first-order valence-electron chi connectivity index (χ1n) is 6.10. The Labute approximate surface area is 107 Å². The van der Waals surface area contributed by atoms with Gasteiger partial charge in [0, 0.05) is 28.1 Å². The maximum atomic E-state index is 12.1. The second-order valence-electron chi connectivity index (χ2n) is 5.13. The standard InChI is InChI=1S/C11H23NO3S2/c1-9(7-12)8-16(13)10-4-3-5-11(6-10)17(2,14)15/h9-11H,3-8,12H2,1-2H3. The SMILES string of the molecule is CC(CN)CS(=O)C1CCCC(S(C)(=O)=O)C1. The summed E-state index contributed by atoms with van der Waals surface area (Å²) in [6.07, 6.45) is 4.31. The van der Waals surface area contributed by atoms with Gasteiger partial charge in [-0.1, -0.05) is 13.3 Å². The van der Waals surface area contributed by atoms with Gasteiger partial charge in [-0.3, -0.25) is 4.21 Å². The summed E-state index contributed by atoms with van der Waals surface area (Å²) < 4.78 is 35.1. The van der Waals surface area contributed by atoms with Crippen molar-refractivity contribution in [1.82, 2.24) is 0 Å². The fraction of sp³-hybridized carbons (Fsp3) is 1.00. The van der Waals surface area contributed by atoms with Gasteiger partial charge in [-0.15, -0.1) is 0 Å². The molecule has 1 aliphatic rings. The Hall–Kier alpha value is 0.0600. The Morgan fingerprint density at radius 3 is 2.59 bits per heavy atom. The van der Waals surface area contributed by atoms with Gasteiger partial charge in [0.25, 0.3) is 0 Å². The highest BCUT2D eigenvalue weighted by molar-refractivity contribution is 7.91. The average Bonchev–Trinajstić information content (AvgIpc) is 2.28. The predicted molar refractivity (Wildman–Crippen MR) is 72.1 cm³/mol. The minimum Gasteiger partial charge on any atom is -0.330 e. The molecule has 0 radical (unpaired) electrons. The molecule has 0 aromatic heterocycles. The predicted octanol–water partition coefficient (Wildman–Crippen LogP) is 0.686. The van der Waals surface area contributed by atoms with E-state index in [2.05, 4.69) is 0 Å². The van der Waals surface area contributed by atoms with Gasteiger partial charge in [-0.05, 0) is 31.7 Å². The van der Waals surface area contributed by atoms with E-state index in [-0.39, 0.29) is 16.4 Å². The molecule has 0 heterocycles. The van der Waals surface area contributed by atoms with E-state index in [4.69, 9.17) is 5.73 Å². The quantitative estimate of drug-likeness (QED) is 0.804. The van der Waals surface area contributed by atoms with Crippen LogP contribution in [0.25, 0.3) is 0 Å². The molecule has 4 nitrogen and oxygen atoms in total. The van der Waals surface area contributed by atoms with E-state index in [9.17, 15) is 12.6 Å². The molecule has 17 heavy (non-hydrogen) atoms. The maximum absolute atomic E-state index is 12.1. The van der Waals surface area contributed by atoms with Crippen molar-refractivity contribution >= 4 is 20.6 Å². The van der Waals surface area contributed by atoms with Crippen molar-refractivity contribution in [2.45, 2.75) is 43.1 Å². The first-order valence-corrected chi connectivity index (χ1v) is 9.44. The number of hydrogen-bond acceptors (Lipinski definition) is 4. The van der Waals surface area contributed by atoms with Gasteiger partial charge in [-0.25, -0.2) is 8.42 Å². The molecule has 1 saturated carbocycles. The fourth-order valence-electron chi connectivity index (χ4n) is 2.21. The minimum absolute atomic E-state index is 0.0393. The number of rotatable bonds is 5. The van der Waals surface area contributed by atoms with Crippen molar-refractivity contribution in [2.24, 2.45) is 11.7 Å². The summed E-state index contributed by atoms with van der Waals surface area (Å²) in [7, 11) is -3.92. The van der Waals surface area contributed by atoms with E-state index in [0.29, 0.717) is 18.7 Å². The van der Waals surface area contributed by atoms with Gasteiger partial charge >= 0.3 is 0 Å². The van der Waals surface area contributed by atoms with E-state index in [1.807, 2.05) is 6.92 Å². The molecule has 1 fully saturated rings. The lowest BCUT2D eigenvalue weighted by Gasteiger charge is -2.28. The average molecular weight is 281 g/mol. The third kappa shape index (κ3) is 4.67. The van der Waals surface area contributed by atoms with Crippen LogP contribution in [0.5, 0.6) is 0 Å². The largest absolute Gasteiger partial charge is 0.330 e. The van der Waals surface area contributed by atoms with Crippen LogP contribution in [0.3, 0.4) is 0 Å². The highest BCUT2D eigenvalue weighted by Crippen LogP contribution is 2.27. The van der Waals surface area contributed by atoms with Gasteiger partial charge in [0.1, 0.15) is 9.84 Å². The highest BCUT2D eigenvalue weighted by Gasteiger charge is 2.31. The fourth-order valence-corrected chi connectivity index (χ4v) is 5.36. The molecule has 6 heteroatoms. The topological polar surface area (TPSA) is 77.2 Å². The van der Waals surface area contributed by atoms with Crippen LogP contribution < -0.4 is 5.73 Å². The van der Waals surface area contributed by atoms with E-state index in [1.165, 1.54) is 6.26 Å². The zero-order valence-corrected chi connectivity index (χ0v) is 12.2. The first-order chi connectivity index (χ1) is 7.84. The van der Waals surface area contributed by atoms with E-state index in [1.54, 1.807) is 0 Å². The molecule has 0 amide bonds. The van der Waals surface area contributed by atoms with Crippen molar-refractivity contribution < 1.29 is 12.6 Å². The lowest BCUT2D eigenvalue weighted by molar-refractivity contribution is 0.486. The summed E-state index contributed by atoms with van der Waals surface area (Å²) in [4.78, 5) is 0. The van der Waals surface area contributed by atoms with E-state index >= 15 is 0 Å². The van der Waals surface area contributed by atoms with Crippen molar-refractivity contribution in [3.8, 4) is 0 Å². The summed E-state index contributed by atoms with van der Waals surface area (Å²) in [6, 6.07) is 0.